The Labute approximate surface area is 173 Å². The lowest BCUT2D eigenvalue weighted by atomic mass is 9.90. The molecule has 29 heavy (non-hydrogen) atoms. The molecule has 0 radical (unpaired) electrons. The minimum Gasteiger partial charge on any atom is -0.508 e. The molecule has 146 valence electrons. The van der Waals surface area contributed by atoms with Gasteiger partial charge in [0.1, 0.15) is 5.75 Å². The van der Waals surface area contributed by atoms with Crippen molar-refractivity contribution in [1.29, 1.82) is 0 Å². The second-order valence-electron chi connectivity index (χ2n) is 8.05. The van der Waals surface area contributed by atoms with Crippen LogP contribution in [0.5, 0.6) is 5.75 Å². The summed E-state index contributed by atoms with van der Waals surface area (Å²) in [6.07, 6.45) is 8.89. The van der Waals surface area contributed by atoms with Gasteiger partial charge in [0.2, 0.25) is 0 Å². The van der Waals surface area contributed by atoms with Gasteiger partial charge in [-0.3, -0.25) is 4.90 Å². The van der Waals surface area contributed by atoms with Crippen LogP contribution in [-0.2, 0) is 0 Å². The fourth-order valence-corrected chi connectivity index (χ4v) is 4.77. The molecule has 4 rings (SSSR count). The average molecular weight is 382 g/mol. The van der Waals surface area contributed by atoms with E-state index in [4.69, 9.17) is 6.42 Å². The van der Waals surface area contributed by atoms with Crippen molar-refractivity contribution in [3.8, 4) is 18.1 Å². The van der Waals surface area contributed by atoms with E-state index in [0.717, 1.165) is 46.7 Å². The number of terminal acetylenes is 1. The van der Waals surface area contributed by atoms with Crippen LogP contribution in [0.15, 0.2) is 78.9 Å². The molecule has 1 aliphatic heterocycles. The second-order valence-corrected chi connectivity index (χ2v) is 8.05. The maximum Gasteiger partial charge on any atom is 0.121 e. The van der Waals surface area contributed by atoms with Crippen LogP contribution in [0, 0.1) is 12.3 Å². The first-order valence-corrected chi connectivity index (χ1v) is 10.2. The third-order valence-corrected chi connectivity index (χ3v) is 5.97. The highest BCUT2D eigenvalue weighted by Gasteiger charge is 2.40. The summed E-state index contributed by atoms with van der Waals surface area (Å²) in [4.78, 5) is 2.44. The van der Waals surface area contributed by atoms with Crippen LogP contribution in [0.3, 0.4) is 0 Å². The quantitative estimate of drug-likeness (QED) is 0.428. The molecule has 0 amide bonds. The van der Waals surface area contributed by atoms with Gasteiger partial charge in [-0.1, -0.05) is 72.2 Å². The van der Waals surface area contributed by atoms with Gasteiger partial charge in [0, 0.05) is 11.6 Å². The van der Waals surface area contributed by atoms with Crippen LogP contribution < -0.4 is 0 Å². The van der Waals surface area contributed by atoms with E-state index in [9.17, 15) is 5.11 Å². The Bertz CT molecular complexity index is 1060. The fraction of sp³-hybridized carbons (Fsp3) is 0.259. The van der Waals surface area contributed by atoms with Crippen LogP contribution in [-0.4, -0.2) is 22.1 Å². The molecule has 1 heterocycles. The zero-order chi connectivity index (χ0) is 20.4. The van der Waals surface area contributed by atoms with E-state index < -0.39 is 0 Å². The highest BCUT2D eigenvalue weighted by Crippen LogP contribution is 2.44. The molecule has 1 N–H and O–H groups in total. The molecule has 1 saturated heterocycles. The average Bonchev–Trinajstić information content (AvgIpc) is 3.12. The number of phenols is 1. The number of likely N-dealkylation sites (tertiary alicyclic amines) is 1. The number of phenolic OH excluding ortho intramolecular Hbond substituents is 1. The Kier molecular flexibility index (Phi) is 5.43. The van der Waals surface area contributed by atoms with Gasteiger partial charge in [-0.15, -0.1) is 13.0 Å². The number of hydrogen-bond donors (Lipinski definition) is 1. The normalized spacial score (nSPS) is 20.4. The molecule has 1 fully saturated rings. The van der Waals surface area contributed by atoms with Crippen molar-refractivity contribution in [2.75, 3.05) is 0 Å². The molecule has 1 aliphatic rings. The van der Waals surface area contributed by atoms with Crippen LogP contribution in [0.1, 0.15) is 43.4 Å². The Morgan fingerprint density at radius 3 is 2.55 bits per heavy atom. The van der Waals surface area contributed by atoms with Gasteiger partial charge in [0.25, 0.3) is 0 Å². The third-order valence-electron chi connectivity index (χ3n) is 5.97. The van der Waals surface area contributed by atoms with Gasteiger partial charge in [0.15, 0.2) is 0 Å². The maximum absolute atomic E-state index is 11.0. The fourth-order valence-electron chi connectivity index (χ4n) is 4.77. The molecular formula is C27H27NO. The van der Waals surface area contributed by atoms with Crippen molar-refractivity contribution in [2.45, 2.75) is 44.3 Å². The summed E-state index contributed by atoms with van der Waals surface area (Å²) in [5.74, 6) is 3.33. The van der Waals surface area contributed by atoms with Gasteiger partial charge in [-0.05, 0) is 48.6 Å². The van der Waals surface area contributed by atoms with E-state index >= 15 is 0 Å². The Morgan fingerprint density at radius 2 is 1.83 bits per heavy atom. The lowest BCUT2D eigenvalue weighted by molar-refractivity contribution is 0.175. The molecule has 0 bridgehead atoms. The van der Waals surface area contributed by atoms with E-state index in [1.807, 2.05) is 30.3 Å². The summed E-state index contributed by atoms with van der Waals surface area (Å²) in [6, 6.07) is 22.7. The van der Waals surface area contributed by atoms with Gasteiger partial charge in [-0.2, -0.15) is 0 Å². The number of benzene rings is 3. The number of hydrogen-bond acceptors (Lipinski definition) is 2. The van der Waals surface area contributed by atoms with Gasteiger partial charge >= 0.3 is 0 Å². The van der Waals surface area contributed by atoms with Crippen molar-refractivity contribution >= 4 is 10.8 Å². The first-order valence-electron chi connectivity index (χ1n) is 10.2. The first-order chi connectivity index (χ1) is 14.1. The lowest BCUT2D eigenvalue weighted by Crippen LogP contribution is -2.39. The predicted octanol–water partition coefficient (Wildman–Crippen LogP) is 6.07. The molecule has 2 heteroatoms. The van der Waals surface area contributed by atoms with Crippen molar-refractivity contribution in [3.05, 3.63) is 90.0 Å². The van der Waals surface area contributed by atoms with Crippen LogP contribution in [0.25, 0.3) is 10.8 Å². The van der Waals surface area contributed by atoms with Crippen molar-refractivity contribution in [1.82, 2.24) is 4.90 Å². The summed E-state index contributed by atoms with van der Waals surface area (Å²) in [5, 5.41) is 13.2. The van der Waals surface area contributed by atoms with Gasteiger partial charge in [0.05, 0.1) is 12.1 Å². The van der Waals surface area contributed by atoms with Gasteiger partial charge in [-0.25, -0.2) is 0 Å². The molecule has 3 atom stereocenters. The van der Waals surface area contributed by atoms with E-state index in [1.165, 1.54) is 0 Å². The highest BCUT2D eigenvalue weighted by molar-refractivity contribution is 5.88. The molecular weight excluding hydrogens is 354 g/mol. The molecule has 0 saturated carbocycles. The van der Waals surface area contributed by atoms with Crippen LogP contribution >= 0.6 is 0 Å². The summed E-state index contributed by atoms with van der Waals surface area (Å²) in [5.41, 5.74) is 3.24. The molecule has 0 aromatic heterocycles. The number of aromatic hydroxyl groups is 1. The zero-order valence-corrected chi connectivity index (χ0v) is 16.9. The molecule has 2 nitrogen and oxygen atoms in total. The predicted molar refractivity (Wildman–Crippen MR) is 121 cm³/mol. The minimum atomic E-state index is -0.116. The summed E-state index contributed by atoms with van der Waals surface area (Å²) >= 11 is 0. The van der Waals surface area contributed by atoms with Crippen molar-refractivity contribution < 1.29 is 5.11 Å². The Morgan fingerprint density at radius 1 is 1.10 bits per heavy atom. The summed E-state index contributed by atoms with van der Waals surface area (Å²) < 4.78 is 0. The molecule has 0 aliphatic carbocycles. The lowest BCUT2D eigenvalue weighted by Gasteiger charge is -2.37. The van der Waals surface area contributed by atoms with E-state index in [0.29, 0.717) is 11.8 Å². The number of fused-ring (bicyclic) bond motifs is 1. The smallest absolute Gasteiger partial charge is 0.121 e. The van der Waals surface area contributed by atoms with Crippen molar-refractivity contribution in [3.63, 3.8) is 0 Å². The standard InChI is InChI=1S/C27H27NO/c1-4-22-15-16-23(18-19(2)3)28(22)27(21-11-6-5-7-12-21)26-24-13-9-8-10-20(24)14-17-25(26)29/h1,5-14,17,22-23,27,29H,2,15-16,18H2,3H3/t22-,23-,27-/m0/s1. The SMILES string of the molecule is C#C[C@H]1CC[C@@H](CC(=C)C)N1[C@@H](c1ccccc1)c1c(O)ccc2ccccc12. The third kappa shape index (κ3) is 3.67. The van der Waals surface area contributed by atoms with Gasteiger partial charge < -0.3 is 5.11 Å². The highest BCUT2D eigenvalue weighted by atomic mass is 16.3. The Hall–Kier alpha value is -3.02. The topological polar surface area (TPSA) is 23.5 Å². The monoisotopic (exact) mass is 381 g/mol. The van der Waals surface area contributed by atoms with E-state index in [2.05, 4.69) is 60.7 Å². The molecule has 3 aromatic rings. The van der Waals surface area contributed by atoms with E-state index in [-0.39, 0.29) is 12.1 Å². The summed E-state index contributed by atoms with van der Waals surface area (Å²) in [7, 11) is 0. The van der Waals surface area contributed by atoms with Crippen molar-refractivity contribution in [2.24, 2.45) is 0 Å². The Balaban J connectivity index is 1.96. The second kappa shape index (κ2) is 8.15. The minimum absolute atomic E-state index is 0.0305. The van der Waals surface area contributed by atoms with Crippen LogP contribution in [0.2, 0.25) is 0 Å². The van der Waals surface area contributed by atoms with E-state index in [1.54, 1.807) is 0 Å². The number of rotatable bonds is 5. The first kappa shape index (κ1) is 19.3. The molecule has 3 aromatic carbocycles. The molecule has 0 unspecified atom stereocenters. The number of nitrogens with zero attached hydrogens (tertiary/aromatic N) is 1. The maximum atomic E-state index is 11.0. The largest absolute Gasteiger partial charge is 0.508 e. The molecule has 0 spiro atoms. The van der Waals surface area contributed by atoms with Crippen LogP contribution in [0.4, 0.5) is 0 Å². The summed E-state index contributed by atoms with van der Waals surface area (Å²) in [6.45, 7) is 6.23. The zero-order valence-electron chi connectivity index (χ0n) is 16.9.